The molecule has 1 aromatic heterocycles. The van der Waals surface area contributed by atoms with Gasteiger partial charge in [-0.25, -0.2) is 18.1 Å². The third-order valence-electron chi connectivity index (χ3n) is 3.23. The van der Waals surface area contributed by atoms with E-state index in [-0.39, 0.29) is 4.90 Å². The molecule has 1 saturated heterocycles. The largest absolute Gasteiger partial charge is 0.357 e. The van der Waals surface area contributed by atoms with Crippen molar-refractivity contribution in [2.24, 2.45) is 0 Å². The molecule has 2 heterocycles. The Kier molecular flexibility index (Phi) is 4.19. The third kappa shape index (κ3) is 3.00. The van der Waals surface area contributed by atoms with Crippen LogP contribution in [0.15, 0.2) is 23.2 Å². The Morgan fingerprint density at radius 1 is 1.17 bits per heavy atom. The molecule has 0 saturated carbocycles. The summed E-state index contributed by atoms with van der Waals surface area (Å²) >= 11 is 0. The molecule has 1 aliphatic heterocycles. The molecule has 0 spiro atoms. The van der Waals surface area contributed by atoms with Crippen molar-refractivity contribution >= 4 is 15.8 Å². The standard InChI is InChI=1S/C12H19N3O2S/c1-13-18(16,17)11-6-7-12(14-10-11)15-8-4-2-3-5-9-15/h6-7,10,13H,2-5,8-9H2,1H3. The lowest BCUT2D eigenvalue weighted by Gasteiger charge is -2.21. The van der Waals surface area contributed by atoms with Gasteiger partial charge < -0.3 is 4.90 Å². The van der Waals surface area contributed by atoms with Gasteiger partial charge in [0.05, 0.1) is 0 Å². The van der Waals surface area contributed by atoms with Crippen molar-refractivity contribution in [1.82, 2.24) is 9.71 Å². The van der Waals surface area contributed by atoms with Crippen molar-refractivity contribution in [2.75, 3.05) is 25.0 Å². The number of hydrogen-bond acceptors (Lipinski definition) is 4. The van der Waals surface area contributed by atoms with Crippen LogP contribution >= 0.6 is 0 Å². The van der Waals surface area contributed by atoms with E-state index in [0.717, 1.165) is 18.9 Å². The van der Waals surface area contributed by atoms with Crippen molar-refractivity contribution in [1.29, 1.82) is 0 Å². The first-order chi connectivity index (χ1) is 8.63. The minimum absolute atomic E-state index is 0.212. The monoisotopic (exact) mass is 269 g/mol. The van der Waals surface area contributed by atoms with Crippen LogP contribution in [0.1, 0.15) is 25.7 Å². The predicted octanol–water partition coefficient (Wildman–Crippen LogP) is 1.37. The molecule has 1 fully saturated rings. The first kappa shape index (κ1) is 13.3. The second kappa shape index (κ2) is 5.67. The van der Waals surface area contributed by atoms with Crippen LogP contribution in [0.3, 0.4) is 0 Å². The number of anilines is 1. The van der Waals surface area contributed by atoms with E-state index in [1.165, 1.54) is 38.9 Å². The fraction of sp³-hybridized carbons (Fsp3) is 0.583. The molecule has 0 unspecified atom stereocenters. The highest BCUT2D eigenvalue weighted by Gasteiger charge is 2.14. The highest BCUT2D eigenvalue weighted by atomic mass is 32.2. The number of rotatable bonds is 3. The number of hydrogen-bond donors (Lipinski definition) is 1. The molecule has 0 aliphatic carbocycles. The fourth-order valence-corrected chi connectivity index (χ4v) is 2.81. The molecule has 1 aliphatic rings. The molecule has 2 rings (SSSR count). The molecule has 0 amide bonds. The topological polar surface area (TPSA) is 62.3 Å². The van der Waals surface area contributed by atoms with Crippen LogP contribution < -0.4 is 9.62 Å². The maximum atomic E-state index is 11.6. The molecule has 0 radical (unpaired) electrons. The average molecular weight is 269 g/mol. The van der Waals surface area contributed by atoms with Crippen molar-refractivity contribution in [3.63, 3.8) is 0 Å². The molecule has 100 valence electrons. The molecular formula is C12H19N3O2S. The third-order valence-corrected chi connectivity index (χ3v) is 4.63. The number of aromatic nitrogens is 1. The van der Waals surface area contributed by atoms with Gasteiger partial charge in [0, 0.05) is 19.3 Å². The Bertz CT molecular complexity index is 477. The summed E-state index contributed by atoms with van der Waals surface area (Å²) in [4.78, 5) is 6.70. The van der Waals surface area contributed by atoms with Gasteiger partial charge in [-0.1, -0.05) is 12.8 Å². The smallest absolute Gasteiger partial charge is 0.241 e. The maximum Gasteiger partial charge on any atom is 0.241 e. The van der Waals surface area contributed by atoms with E-state index in [0.29, 0.717) is 0 Å². The first-order valence-electron chi connectivity index (χ1n) is 6.28. The zero-order chi connectivity index (χ0) is 13.0. The van der Waals surface area contributed by atoms with E-state index >= 15 is 0 Å². The van der Waals surface area contributed by atoms with Crippen LogP contribution in [0.25, 0.3) is 0 Å². The van der Waals surface area contributed by atoms with Gasteiger partial charge in [-0.2, -0.15) is 0 Å². The molecule has 6 heteroatoms. The highest BCUT2D eigenvalue weighted by Crippen LogP contribution is 2.18. The van der Waals surface area contributed by atoms with Crippen molar-refractivity contribution < 1.29 is 8.42 Å². The van der Waals surface area contributed by atoms with Gasteiger partial charge in [-0.05, 0) is 32.0 Å². The van der Waals surface area contributed by atoms with Gasteiger partial charge in [0.15, 0.2) is 0 Å². The lowest BCUT2D eigenvalue weighted by atomic mass is 10.2. The van der Waals surface area contributed by atoms with Gasteiger partial charge in [0.2, 0.25) is 10.0 Å². The Morgan fingerprint density at radius 3 is 2.33 bits per heavy atom. The van der Waals surface area contributed by atoms with E-state index in [1.54, 1.807) is 12.1 Å². The van der Waals surface area contributed by atoms with Crippen LogP contribution in [0.4, 0.5) is 5.82 Å². The predicted molar refractivity (Wildman–Crippen MR) is 71.2 cm³/mol. The molecule has 0 atom stereocenters. The minimum Gasteiger partial charge on any atom is -0.357 e. The van der Waals surface area contributed by atoms with Crippen LogP contribution in [0, 0.1) is 0 Å². The van der Waals surface area contributed by atoms with E-state index in [1.807, 2.05) is 0 Å². The molecule has 5 nitrogen and oxygen atoms in total. The Morgan fingerprint density at radius 2 is 1.83 bits per heavy atom. The Hall–Kier alpha value is -1.14. The summed E-state index contributed by atoms with van der Waals surface area (Å²) in [5.41, 5.74) is 0. The summed E-state index contributed by atoms with van der Waals surface area (Å²) < 4.78 is 25.4. The van der Waals surface area contributed by atoms with E-state index in [2.05, 4.69) is 14.6 Å². The van der Waals surface area contributed by atoms with Crippen molar-refractivity contribution in [3.05, 3.63) is 18.3 Å². The lowest BCUT2D eigenvalue weighted by Crippen LogP contribution is -2.25. The second-order valence-electron chi connectivity index (χ2n) is 4.46. The molecule has 1 N–H and O–H groups in total. The summed E-state index contributed by atoms with van der Waals surface area (Å²) in [6.45, 7) is 2.01. The molecular weight excluding hydrogens is 250 g/mol. The summed E-state index contributed by atoms with van der Waals surface area (Å²) in [6, 6.07) is 3.40. The summed E-state index contributed by atoms with van der Waals surface area (Å²) in [5.74, 6) is 0.868. The maximum absolute atomic E-state index is 11.6. The molecule has 0 bridgehead atoms. The van der Waals surface area contributed by atoms with Crippen LogP contribution in [0.2, 0.25) is 0 Å². The Labute approximate surface area is 108 Å². The zero-order valence-electron chi connectivity index (χ0n) is 10.6. The van der Waals surface area contributed by atoms with Crippen LogP contribution in [0.5, 0.6) is 0 Å². The number of pyridine rings is 1. The van der Waals surface area contributed by atoms with Gasteiger partial charge >= 0.3 is 0 Å². The van der Waals surface area contributed by atoms with Crippen molar-refractivity contribution in [2.45, 2.75) is 30.6 Å². The molecule has 18 heavy (non-hydrogen) atoms. The average Bonchev–Trinajstić information content (AvgIpc) is 2.68. The summed E-state index contributed by atoms with van der Waals surface area (Å²) in [6.07, 6.45) is 6.31. The zero-order valence-corrected chi connectivity index (χ0v) is 11.4. The lowest BCUT2D eigenvalue weighted by molar-refractivity contribution is 0.588. The second-order valence-corrected chi connectivity index (χ2v) is 6.35. The van der Waals surface area contributed by atoms with Gasteiger partial charge in [0.25, 0.3) is 0 Å². The first-order valence-corrected chi connectivity index (χ1v) is 7.76. The number of sulfonamides is 1. The quantitative estimate of drug-likeness (QED) is 0.900. The van der Waals surface area contributed by atoms with Crippen molar-refractivity contribution in [3.8, 4) is 0 Å². The molecule has 0 aromatic carbocycles. The Balaban J connectivity index is 2.16. The van der Waals surface area contributed by atoms with Gasteiger partial charge in [0.1, 0.15) is 10.7 Å². The van der Waals surface area contributed by atoms with Gasteiger partial charge in [-0.15, -0.1) is 0 Å². The van der Waals surface area contributed by atoms with Gasteiger partial charge in [-0.3, -0.25) is 0 Å². The SMILES string of the molecule is CNS(=O)(=O)c1ccc(N2CCCCCC2)nc1. The molecule has 1 aromatic rings. The van der Waals surface area contributed by atoms with E-state index < -0.39 is 10.0 Å². The van der Waals surface area contributed by atoms with Crippen LogP contribution in [-0.2, 0) is 10.0 Å². The summed E-state index contributed by atoms with van der Waals surface area (Å²) in [5, 5.41) is 0. The normalized spacial score (nSPS) is 17.5. The van der Waals surface area contributed by atoms with E-state index in [9.17, 15) is 8.42 Å². The fourth-order valence-electron chi connectivity index (χ4n) is 2.14. The minimum atomic E-state index is -3.38. The number of nitrogens with zero attached hydrogens (tertiary/aromatic N) is 2. The van der Waals surface area contributed by atoms with Crippen LogP contribution in [-0.4, -0.2) is 33.5 Å². The number of nitrogens with one attached hydrogen (secondary N) is 1. The van der Waals surface area contributed by atoms with E-state index in [4.69, 9.17) is 0 Å². The highest BCUT2D eigenvalue weighted by molar-refractivity contribution is 7.89. The summed E-state index contributed by atoms with van der Waals surface area (Å²) in [7, 11) is -1.98.